The molecule has 1 N–H and O–H groups in total. The van der Waals surface area contributed by atoms with Gasteiger partial charge < -0.3 is 10.0 Å². The molecular weight excluding hydrogens is 386 g/mol. The first-order valence-electron chi connectivity index (χ1n) is 10.2. The van der Waals surface area contributed by atoms with Crippen LogP contribution in [0.4, 0.5) is 0 Å². The summed E-state index contributed by atoms with van der Waals surface area (Å²) < 4.78 is 0. The van der Waals surface area contributed by atoms with Crippen molar-refractivity contribution >= 4 is 0 Å². The molecule has 1 aromatic carbocycles. The van der Waals surface area contributed by atoms with E-state index >= 15 is 0 Å². The third-order valence-electron chi connectivity index (χ3n) is 5.44. The van der Waals surface area contributed by atoms with Crippen molar-refractivity contribution in [1.29, 1.82) is 0 Å². The smallest absolute Gasteiger partial charge is 0.508 e. The van der Waals surface area contributed by atoms with Gasteiger partial charge in [0.05, 0.1) is 0 Å². The average molecular weight is 417 g/mol. The molecule has 2 saturated carbocycles. The number of phenolic OH excluding ortho intramolecular Hbond substituents is 1. The fourth-order valence-electron chi connectivity index (χ4n) is 4.00. The second-order valence-electron chi connectivity index (χ2n) is 7.35. The maximum atomic E-state index is 10.1. The predicted molar refractivity (Wildman–Crippen MR) is 112 cm³/mol. The number of rotatable bonds is 6. The van der Waals surface area contributed by atoms with Crippen molar-refractivity contribution in [3.63, 3.8) is 0 Å². The Labute approximate surface area is 184 Å². The minimum atomic E-state index is 0. The first-order valence-corrected chi connectivity index (χ1v) is 10.2. The van der Waals surface area contributed by atoms with Crippen molar-refractivity contribution in [2.24, 2.45) is 0 Å². The Kier molecular flexibility index (Phi) is 11.0. The topological polar surface area (TPSA) is 23.5 Å². The molecule has 3 aliphatic rings. The van der Waals surface area contributed by atoms with Crippen LogP contribution in [0, 0.1) is 63.7 Å². The van der Waals surface area contributed by atoms with Crippen LogP contribution in [0.15, 0.2) is 18.2 Å². The molecule has 10 radical (unpaired) electrons. The van der Waals surface area contributed by atoms with E-state index in [1.807, 2.05) is 44.2 Å². The van der Waals surface area contributed by atoms with Crippen LogP contribution in [0.3, 0.4) is 0 Å². The van der Waals surface area contributed by atoms with E-state index < -0.39 is 0 Å². The van der Waals surface area contributed by atoms with E-state index in [1.54, 1.807) is 0 Å². The van der Waals surface area contributed by atoms with Crippen molar-refractivity contribution in [2.75, 3.05) is 13.1 Å². The number of benzene rings is 1. The summed E-state index contributed by atoms with van der Waals surface area (Å²) in [6.07, 6.45) is 24.3. The number of aromatic hydroxyl groups is 1. The molecule has 0 amide bonds. The molecule has 2 fully saturated rings. The van der Waals surface area contributed by atoms with Crippen molar-refractivity contribution < 1.29 is 22.2 Å². The molecule has 0 heterocycles. The number of hydrogen-bond acceptors (Lipinski definition) is 2. The Hall–Kier alpha value is -0.501. The van der Waals surface area contributed by atoms with Gasteiger partial charge in [-0.2, -0.15) is 0 Å². The number of phenols is 1. The molecule has 0 aromatic heterocycles. The maximum Gasteiger partial charge on any atom is 2.00 e. The number of aryl methyl sites for hydroxylation is 1. The van der Waals surface area contributed by atoms with Crippen LogP contribution >= 0.6 is 0 Å². The molecule has 4 rings (SSSR count). The molecule has 3 heteroatoms. The Bertz CT molecular complexity index is 544. The van der Waals surface area contributed by atoms with Crippen LogP contribution in [0.2, 0.25) is 0 Å². The monoisotopic (exact) mass is 417 g/mol. The van der Waals surface area contributed by atoms with E-state index in [1.165, 1.54) is 29.9 Å². The van der Waals surface area contributed by atoms with Gasteiger partial charge >= 0.3 is 17.1 Å². The van der Waals surface area contributed by atoms with Crippen molar-refractivity contribution in [2.45, 2.75) is 45.1 Å². The molecule has 0 bridgehead atoms. The van der Waals surface area contributed by atoms with Crippen LogP contribution in [0.1, 0.15) is 37.3 Å². The van der Waals surface area contributed by atoms with Crippen molar-refractivity contribution in [3.8, 4) is 5.75 Å². The van der Waals surface area contributed by atoms with Gasteiger partial charge in [0.25, 0.3) is 0 Å². The summed E-state index contributed by atoms with van der Waals surface area (Å²) in [5.74, 6) is 1.91. The maximum absolute atomic E-state index is 10.1. The molecule has 0 saturated heterocycles. The van der Waals surface area contributed by atoms with E-state index in [0.717, 1.165) is 32.4 Å². The zero-order valence-electron chi connectivity index (χ0n) is 16.7. The molecule has 1 unspecified atom stereocenters. The summed E-state index contributed by atoms with van der Waals surface area (Å²) in [5.41, 5.74) is 2.51. The van der Waals surface area contributed by atoms with E-state index in [2.05, 4.69) is 43.6 Å². The van der Waals surface area contributed by atoms with Gasteiger partial charge in [0.1, 0.15) is 5.75 Å². The Balaban J connectivity index is 0.000000408. The Morgan fingerprint density at radius 2 is 1.64 bits per heavy atom. The second kappa shape index (κ2) is 12.9. The SMILES string of the molecule is CCCN(CC[C]1[CH][CH][CH][CH]1)C1CCc2cccc(O)c2C1.[CH]1[CH][CH][CH][CH]1.[Fe+2]. The minimum absolute atomic E-state index is 0. The summed E-state index contributed by atoms with van der Waals surface area (Å²) in [4.78, 5) is 2.63. The largest absolute Gasteiger partial charge is 2.00 e. The van der Waals surface area contributed by atoms with Gasteiger partial charge in [0.15, 0.2) is 0 Å². The fraction of sp³-hybridized carbons (Fsp3) is 0.360. The van der Waals surface area contributed by atoms with Crippen LogP contribution in [-0.2, 0) is 29.9 Å². The molecule has 148 valence electrons. The Morgan fingerprint density at radius 3 is 2.29 bits per heavy atom. The van der Waals surface area contributed by atoms with Crippen molar-refractivity contribution in [1.82, 2.24) is 4.90 Å². The van der Waals surface area contributed by atoms with Crippen LogP contribution in [-0.4, -0.2) is 29.1 Å². The van der Waals surface area contributed by atoms with Gasteiger partial charge in [0.2, 0.25) is 0 Å². The summed E-state index contributed by atoms with van der Waals surface area (Å²) in [5, 5.41) is 10.1. The molecule has 28 heavy (non-hydrogen) atoms. The number of nitrogens with zero attached hydrogens (tertiary/aromatic N) is 1. The standard InChI is InChI=1S/C20H26NO.C5H5.Fe/c1-2-13-21(14-12-16-6-3-4-7-16)18-11-10-17-8-5-9-20(22)19(17)15-18;1-2-4-5-3-1;/h3-9,18,22H,2,10-15H2,1H3;1-5H;/q;;+2. The summed E-state index contributed by atoms with van der Waals surface area (Å²) >= 11 is 0. The van der Waals surface area contributed by atoms with E-state index in [9.17, 15) is 5.11 Å². The molecular formula is C25H31FeNO+2. The van der Waals surface area contributed by atoms with Crippen LogP contribution in [0.25, 0.3) is 0 Å². The molecule has 1 atom stereocenters. The zero-order chi connectivity index (χ0) is 18.9. The quantitative estimate of drug-likeness (QED) is 0.674. The molecule has 1 aromatic rings. The average Bonchev–Trinajstić information content (AvgIpc) is 3.42. The Morgan fingerprint density at radius 1 is 0.964 bits per heavy atom. The predicted octanol–water partition coefficient (Wildman–Crippen LogP) is 4.78. The van der Waals surface area contributed by atoms with E-state index in [-0.39, 0.29) is 17.1 Å². The zero-order valence-corrected chi connectivity index (χ0v) is 17.8. The van der Waals surface area contributed by atoms with Gasteiger partial charge in [-0.1, -0.05) is 19.1 Å². The van der Waals surface area contributed by atoms with E-state index in [0.29, 0.717) is 11.8 Å². The van der Waals surface area contributed by atoms with Crippen molar-refractivity contribution in [3.05, 3.63) is 93.0 Å². The van der Waals surface area contributed by atoms with E-state index in [4.69, 9.17) is 0 Å². The summed E-state index contributed by atoms with van der Waals surface area (Å²) in [7, 11) is 0. The fourth-order valence-corrected chi connectivity index (χ4v) is 4.00. The van der Waals surface area contributed by atoms with Gasteiger partial charge in [-0.05, 0) is 126 Å². The molecule has 0 spiro atoms. The molecule has 3 aliphatic carbocycles. The molecule has 2 nitrogen and oxygen atoms in total. The van der Waals surface area contributed by atoms with Crippen LogP contribution in [0.5, 0.6) is 5.75 Å². The van der Waals surface area contributed by atoms with Gasteiger partial charge in [-0.15, -0.1) is 0 Å². The summed E-state index contributed by atoms with van der Waals surface area (Å²) in [6, 6.07) is 6.53. The third kappa shape index (κ3) is 7.08. The molecule has 0 aliphatic heterocycles. The number of fused-ring (bicyclic) bond motifs is 1. The number of hydrogen-bond donors (Lipinski definition) is 1. The van der Waals surface area contributed by atoms with Gasteiger partial charge in [-0.25, -0.2) is 0 Å². The third-order valence-corrected chi connectivity index (χ3v) is 5.44. The normalized spacial score (nSPS) is 21.7. The first kappa shape index (κ1) is 23.8. The minimum Gasteiger partial charge on any atom is -0.508 e. The van der Waals surface area contributed by atoms with Crippen LogP contribution < -0.4 is 0 Å². The van der Waals surface area contributed by atoms with Gasteiger partial charge in [0, 0.05) is 6.04 Å². The second-order valence-corrected chi connectivity index (χ2v) is 7.35. The van der Waals surface area contributed by atoms with Gasteiger partial charge in [-0.3, -0.25) is 0 Å². The first-order chi connectivity index (χ1) is 13.3. The summed E-state index contributed by atoms with van der Waals surface area (Å²) in [6.45, 7) is 4.52.